The molecule has 20 heavy (non-hydrogen) atoms. The molecule has 0 saturated carbocycles. The summed E-state index contributed by atoms with van der Waals surface area (Å²) in [7, 11) is 1.60. The van der Waals surface area contributed by atoms with Gasteiger partial charge in [0.05, 0.1) is 7.11 Å². The van der Waals surface area contributed by atoms with Crippen LogP contribution >= 0.6 is 27.5 Å². The second kappa shape index (κ2) is 6.73. The average Bonchev–Trinajstić information content (AvgIpc) is 2.45. The first-order valence-electron chi connectivity index (χ1n) is 5.91. The van der Waals surface area contributed by atoms with Crippen LogP contribution in [0.1, 0.15) is 15.9 Å². The minimum atomic E-state index is -0.102. The molecule has 0 fully saturated rings. The summed E-state index contributed by atoms with van der Waals surface area (Å²) >= 11 is 9.27. The predicted molar refractivity (Wildman–Crippen MR) is 85.5 cm³/mol. The molecule has 0 unspecified atom stereocenters. The highest BCUT2D eigenvalue weighted by Gasteiger charge is 2.04. The molecule has 2 nitrogen and oxygen atoms in total. The van der Waals surface area contributed by atoms with Crippen LogP contribution in [0.4, 0.5) is 0 Å². The Labute approximate surface area is 131 Å². The first-order chi connectivity index (χ1) is 9.60. The van der Waals surface area contributed by atoms with E-state index in [9.17, 15) is 4.79 Å². The number of ether oxygens (including phenoxy) is 1. The summed E-state index contributed by atoms with van der Waals surface area (Å²) < 4.78 is 6.18. The number of rotatable bonds is 4. The first kappa shape index (κ1) is 14.8. The summed E-state index contributed by atoms with van der Waals surface area (Å²) in [4.78, 5) is 12.1. The molecule has 0 aliphatic carbocycles. The van der Waals surface area contributed by atoms with E-state index in [0.29, 0.717) is 16.3 Å². The Bertz CT molecular complexity index is 665. The van der Waals surface area contributed by atoms with Crippen molar-refractivity contribution in [1.82, 2.24) is 0 Å². The van der Waals surface area contributed by atoms with E-state index < -0.39 is 0 Å². The van der Waals surface area contributed by atoms with Gasteiger partial charge in [0, 0.05) is 20.6 Å². The lowest BCUT2D eigenvalue weighted by molar-refractivity contribution is 0.104. The average molecular weight is 352 g/mol. The molecule has 4 heteroatoms. The normalized spacial score (nSPS) is 10.8. The Kier molecular flexibility index (Phi) is 4.99. The predicted octanol–water partition coefficient (Wildman–Crippen LogP) is 5.01. The van der Waals surface area contributed by atoms with Crippen LogP contribution in [0.15, 0.2) is 53.0 Å². The molecule has 0 bridgehead atoms. The van der Waals surface area contributed by atoms with Crippen molar-refractivity contribution in [3.63, 3.8) is 0 Å². The van der Waals surface area contributed by atoms with Crippen LogP contribution in [0.2, 0.25) is 5.02 Å². The van der Waals surface area contributed by atoms with Gasteiger partial charge in [-0.1, -0.05) is 39.7 Å². The Morgan fingerprint density at radius 2 is 2.05 bits per heavy atom. The lowest BCUT2D eigenvalue weighted by Crippen LogP contribution is -1.94. The van der Waals surface area contributed by atoms with E-state index in [1.165, 1.54) is 6.08 Å². The lowest BCUT2D eigenvalue weighted by Gasteiger charge is -2.04. The maximum atomic E-state index is 12.1. The van der Waals surface area contributed by atoms with Crippen molar-refractivity contribution >= 4 is 39.4 Å². The number of carbonyl (C=O) groups is 1. The van der Waals surface area contributed by atoms with Gasteiger partial charge in [0.1, 0.15) is 5.75 Å². The van der Waals surface area contributed by atoms with Gasteiger partial charge in [0.25, 0.3) is 0 Å². The number of benzene rings is 2. The van der Waals surface area contributed by atoms with Gasteiger partial charge < -0.3 is 4.74 Å². The van der Waals surface area contributed by atoms with Gasteiger partial charge in [-0.25, -0.2) is 0 Å². The van der Waals surface area contributed by atoms with Crippen LogP contribution in [0.25, 0.3) is 6.08 Å². The van der Waals surface area contributed by atoms with E-state index in [4.69, 9.17) is 16.3 Å². The maximum absolute atomic E-state index is 12.1. The third kappa shape index (κ3) is 3.71. The topological polar surface area (TPSA) is 26.3 Å². The molecule has 0 N–H and O–H groups in total. The molecule has 0 aromatic heterocycles. The number of methoxy groups -OCH3 is 1. The van der Waals surface area contributed by atoms with Crippen molar-refractivity contribution in [2.75, 3.05) is 7.11 Å². The van der Waals surface area contributed by atoms with Gasteiger partial charge in [-0.05, 0) is 42.5 Å². The van der Waals surface area contributed by atoms with Gasteiger partial charge in [-0.15, -0.1) is 0 Å². The van der Waals surface area contributed by atoms with E-state index in [1.54, 1.807) is 37.5 Å². The van der Waals surface area contributed by atoms with Gasteiger partial charge in [-0.2, -0.15) is 0 Å². The molecule has 0 spiro atoms. The van der Waals surface area contributed by atoms with E-state index in [0.717, 1.165) is 10.0 Å². The second-order valence-corrected chi connectivity index (χ2v) is 5.45. The molecular weight excluding hydrogens is 340 g/mol. The molecule has 0 atom stereocenters. The zero-order chi connectivity index (χ0) is 14.5. The third-order valence-electron chi connectivity index (χ3n) is 2.72. The van der Waals surface area contributed by atoms with Crippen molar-refractivity contribution in [2.45, 2.75) is 0 Å². The Balaban J connectivity index is 2.25. The SMILES string of the molecule is COc1ccc(Br)cc1/C=C/C(=O)c1cccc(Cl)c1. The Morgan fingerprint density at radius 3 is 2.75 bits per heavy atom. The third-order valence-corrected chi connectivity index (χ3v) is 3.44. The van der Waals surface area contributed by atoms with Crippen molar-refractivity contribution in [2.24, 2.45) is 0 Å². The fourth-order valence-corrected chi connectivity index (χ4v) is 2.31. The van der Waals surface area contributed by atoms with E-state index in [2.05, 4.69) is 15.9 Å². The van der Waals surface area contributed by atoms with Crippen molar-refractivity contribution in [3.05, 3.63) is 69.2 Å². The second-order valence-electron chi connectivity index (χ2n) is 4.09. The molecule has 2 aromatic carbocycles. The molecule has 102 valence electrons. The van der Waals surface area contributed by atoms with Crippen molar-refractivity contribution in [1.29, 1.82) is 0 Å². The minimum Gasteiger partial charge on any atom is -0.496 e. The summed E-state index contributed by atoms with van der Waals surface area (Å²) in [5.74, 6) is 0.609. The van der Waals surface area contributed by atoms with Crippen LogP contribution in [-0.2, 0) is 0 Å². The molecular formula is C16H12BrClO2. The highest BCUT2D eigenvalue weighted by Crippen LogP contribution is 2.24. The van der Waals surface area contributed by atoms with E-state index >= 15 is 0 Å². The zero-order valence-corrected chi connectivity index (χ0v) is 13.1. The van der Waals surface area contributed by atoms with Crippen LogP contribution in [0, 0.1) is 0 Å². The molecule has 2 rings (SSSR count). The zero-order valence-electron chi connectivity index (χ0n) is 10.8. The van der Waals surface area contributed by atoms with Gasteiger partial charge in [-0.3, -0.25) is 4.79 Å². The number of allylic oxidation sites excluding steroid dienone is 1. The van der Waals surface area contributed by atoms with Crippen molar-refractivity contribution in [3.8, 4) is 5.75 Å². The number of hydrogen-bond acceptors (Lipinski definition) is 2. The fraction of sp³-hybridized carbons (Fsp3) is 0.0625. The maximum Gasteiger partial charge on any atom is 0.185 e. The van der Waals surface area contributed by atoms with Crippen LogP contribution in [-0.4, -0.2) is 12.9 Å². The summed E-state index contributed by atoms with van der Waals surface area (Å²) in [6.07, 6.45) is 3.24. The lowest BCUT2D eigenvalue weighted by atomic mass is 10.1. The molecule has 0 radical (unpaired) electrons. The van der Waals surface area contributed by atoms with Crippen LogP contribution in [0.3, 0.4) is 0 Å². The van der Waals surface area contributed by atoms with Crippen LogP contribution < -0.4 is 4.74 Å². The highest BCUT2D eigenvalue weighted by atomic mass is 79.9. The summed E-state index contributed by atoms with van der Waals surface area (Å²) in [5.41, 5.74) is 1.39. The number of hydrogen-bond donors (Lipinski definition) is 0. The molecule has 0 aliphatic rings. The summed E-state index contributed by atoms with van der Waals surface area (Å²) in [6.45, 7) is 0. The molecule has 2 aromatic rings. The van der Waals surface area contributed by atoms with Crippen molar-refractivity contribution < 1.29 is 9.53 Å². The smallest absolute Gasteiger partial charge is 0.185 e. The fourth-order valence-electron chi connectivity index (χ4n) is 1.74. The van der Waals surface area contributed by atoms with E-state index in [1.807, 2.05) is 18.2 Å². The molecule has 0 amide bonds. The summed E-state index contributed by atoms with van der Waals surface area (Å²) in [6, 6.07) is 12.5. The van der Waals surface area contributed by atoms with Gasteiger partial charge in [0.15, 0.2) is 5.78 Å². The highest BCUT2D eigenvalue weighted by molar-refractivity contribution is 9.10. The Hall–Kier alpha value is -1.58. The number of carbonyl (C=O) groups excluding carboxylic acids is 1. The number of halogens is 2. The molecule has 0 heterocycles. The van der Waals surface area contributed by atoms with Gasteiger partial charge in [0.2, 0.25) is 0 Å². The molecule has 0 saturated heterocycles. The number of ketones is 1. The monoisotopic (exact) mass is 350 g/mol. The van der Waals surface area contributed by atoms with Gasteiger partial charge >= 0.3 is 0 Å². The first-order valence-corrected chi connectivity index (χ1v) is 7.09. The standard InChI is InChI=1S/C16H12BrClO2/c1-20-16-8-6-13(17)9-12(16)5-7-15(19)11-3-2-4-14(18)10-11/h2-10H,1H3/b7-5+. The molecule has 0 aliphatic heterocycles. The quantitative estimate of drug-likeness (QED) is 0.572. The van der Waals surface area contributed by atoms with Crippen LogP contribution in [0.5, 0.6) is 5.75 Å². The largest absolute Gasteiger partial charge is 0.496 e. The summed E-state index contributed by atoms with van der Waals surface area (Å²) in [5, 5.41) is 0.546. The Morgan fingerprint density at radius 1 is 1.25 bits per heavy atom. The van der Waals surface area contributed by atoms with E-state index in [-0.39, 0.29) is 5.78 Å². The minimum absolute atomic E-state index is 0.102.